The van der Waals surface area contributed by atoms with E-state index in [1.807, 2.05) is 0 Å². The molecular weight excluding hydrogens is 315 g/mol. The summed E-state index contributed by atoms with van der Waals surface area (Å²) in [5.74, 6) is -1.95. The van der Waals surface area contributed by atoms with Crippen LogP contribution in [0.25, 0.3) is 10.8 Å². The van der Waals surface area contributed by atoms with E-state index in [2.05, 4.69) is 5.10 Å². The van der Waals surface area contributed by atoms with Gasteiger partial charge < -0.3 is 14.6 Å². The maximum absolute atomic E-state index is 13.5. The minimum atomic E-state index is -1.48. The second-order valence-electron chi connectivity index (χ2n) is 4.99. The van der Waals surface area contributed by atoms with E-state index in [1.165, 1.54) is 30.3 Å². The molecule has 0 aliphatic carbocycles. The molecule has 1 heterocycles. The van der Waals surface area contributed by atoms with E-state index < -0.39 is 17.3 Å². The minimum Gasteiger partial charge on any atom is -0.543 e. The first-order valence-electron chi connectivity index (χ1n) is 7.16. The lowest BCUT2D eigenvalue weighted by molar-refractivity contribution is -0.255. The van der Waals surface area contributed by atoms with Gasteiger partial charge in [0, 0.05) is 5.39 Å². The molecule has 0 aliphatic heterocycles. The van der Waals surface area contributed by atoms with Crippen molar-refractivity contribution in [3.63, 3.8) is 0 Å². The van der Waals surface area contributed by atoms with Gasteiger partial charge in [-0.15, -0.1) is 0 Å². The summed E-state index contributed by atoms with van der Waals surface area (Å²) in [6.45, 7) is -0.0725. The van der Waals surface area contributed by atoms with Crippen molar-refractivity contribution in [3.05, 3.63) is 70.4 Å². The van der Waals surface area contributed by atoms with Crippen molar-refractivity contribution in [3.8, 4) is 5.75 Å². The molecule has 0 amide bonds. The average molecular weight is 327 g/mol. The van der Waals surface area contributed by atoms with Gasteiger partial charge in [0.2, 0.25) is 0 Å². The Morgan fingerprint density at radius 1 is 1.12 bits per heavy atom. The Kier molecular flexibility index (Phi) is 4.24. The summed E-state index contributed by atoms with van der Waals surface area (Å²) in [6, 6.07) is 12.1. The lowest BCUT2D eigenvalue weighted by Gasteiger charge is -2.12. The number of hydrogen-bond acceptors (Lipinski definition) is 5. The van der Waals surface area contributed by atoms with Crippen molar-refractivity contribution in [1.82, 2.24) is 9.78 Å². The molecule has 24 heavy (non-hydrogen) atoms. The molecular formula is C17H12FN2O4-. The molecule has 0 aliphatic rings. The van der Waals surface area contributed by atoms with Crippen LogP contribution in [0.4, 0.5) is 4.39 Å². The molecule has 0 spiro atoms. The standard InChI is InChI=1S/C17H13FN2O4/c18-13-7-3-4-8-14(13)24-10-9-20-16(21)12-6-2-1-5-11(12)15(19-20)17(22)23/h1-8H,9-10H2,(H,22,23)/p-1. The molecule has 122 valence electrons. The van der Waals surface area contributed by atoms with Gasteiger partial charge in [0.1, 0.15) is 12.3 Å². The van der Waals surface area contributed by atoms with Crippen LogP contribution in [0.2, 0.25) is 0 Å². The Hall–Kier alpha value is -3.22. The van der Waals surface area contributed by atoms with Gasteiger partial charge in [0.15, 0.2) is 11.6 Å². The first-order chi connectivity index (χ1) is 11.6. The van der Waals surface area contributed by atoms with E-state index in [4.69, 9.17) is 4.74 Å². The van der Waals surface area contributed by atoms with Gasteiger partial charge in [0.05, 0.1) is 17.9 Å². The Morgan fingerprint density at radius 3 is 2.50 bits per heavy atom. The second kappa shape index (κ2) is 6.49. The van der Waals surface area contributed by atoms with Crippen molar-refractivity contribution in [2.24, 2.45) is 0 Å². The summed E-state index contributed by atoms with van der Waals surface area (Å²) < 4.78 is 19.7. The first-order valence-corrected chi connectivity index (χ1v) is 7.16. The number of ether oxygens (including phenoxy) is 1. The summed E-state index contributed by atoms with van der Waals surface area (Å²) in [5, 5.41) is 15.5. The fourth-order valence-electron chi connectivity index (χ4n) is 2.34. The maximum Gasteiger partial charge on any atom is 0.274 e. The van der Waals surface area contributed by atoms with E-state index >= 15 is 0 Å². The number of carboxylic acid groups (broad SMARTS) is 1. The third-order valence-corrected chi connectivity index (χ3v) is 3.46. The van der Waals surface area contributed by atoms with Gasteiger partial charge in [-0.1, -0.05) is 30.3 Å². The van der Waals surface area contributed by atoms with E-state index in [-0.39, 0.29) is 35.4 Å². The maximum atomic E-state index is 13.5. The lowest BCUT2D eigenvalue weighted by Crippen LogP contribution is -2.32. The molecule has 0 unspecified atom stereocenters. The van der Waals surface area contributed by atoms with Crippen LogP contribution in [0, 0.1) is 5.82 Å². The second-order valence-corrected chi connectivity index (χ2v) is 4.99. The van der Waals surface area contributed by atoms with Crippen LogP contribution >= 0.6 is 0 Å². The molecule has 2 aromatic carbocycles. The first kappa shape index (κ1) is 15.7. The number of benzene rings is 2. The van der Waals surface area contributed by atoms with Crippen molar-refractivity contribution >= 4 is 16.7 Å². The fraction of sp³-hybridized carbons (Fsp3) is 0.118. The normalized spacial score (nSPS) is 10.7. The van der Waals surface area contributed by atoms with Crippen LogP contribution < -0.4 is 15.4 Å². The van der Waals surface area contributed by atoms with Crippen molar-refractivity contribution in [1.29, 1.82) is 0 Å². The number of carbonyl (C=O) groups excluding carboxylic acids is 1. The molecule has 1 aromatic heterocycles. The zero-order chi connectivity index (χ0) is 17.1. The number of aromatic carboxylic acids is 1. The summed E-state index contributed by atoms with van der Waals surface area (Å²) in [4.78, 5) is 23.6. The van der Waals surface area contributed by atoms with Gasteiger partial charge in [-0.3, -0.25) is 4.79 Å². The molecule has 0 saturated heterocycles. The topological polar surface area (TPSA) is 84.2 Å². The summed E-state index contributed by atoms with van der Waals surface area (Å²) >= 11 is 0. The molecule has 0 radical (unpaired) electrons. The highest BCUT2D eigenvalue weighted by molar-refractivity contribution is 6.00. The van der Waals surface area contributed by atoms with Crippen molar-refractivity contribution in [2.45, 2.75) is 6.54 Å². The number of para-hydroxylation sites is 1. The predicted molar refractivity (Wildman–Crippen MR) is 82.2 cm³/mol. The average Bonchev–Trinajstić information content (AvgIpc) is 2.58. The number of halogens is 1. The summed E-state index contributed by atoms with van der Waals surface area (Å²) in [6.07, 6.45) is 0. The van der Waals surface area contributed by atoms with E-state index in [1.54, 1.807) is 18.2 Å². The van der Waals surface area contributed by atoms with Crippen LogP contribution in [0.1, 0.15) is 10.5 Å². The molecule has 0 N–H and O–H groups in total. The van der Waals surface area contributed by atoms with E-state index in [0.717, 1.165) is 4.68 Å². The highest BCUT2D eigenvalue weighted by atomic mass is 19.1. The monoisotopic (exact) mass is 327 g/mol. The van der Waals surface area contributed by atoms with E-state index in [0.29, 0.717) is 0 Å². The minimum absolute atomic E-state index is 0.0295. The van der Waals surface area contributed by atoms with Gasteiger partial charge in [-0.2, -0.15) is 5.10 Å². The number of carbonyl (C=O) groups is 1. The van der Waals surface area contributed by atoms with Gasteiger partial charge in [-0.25, -0.2) is 9.07 Å². The molecule has 3 rings (SSSR count). The van der Waals surface area contributed by atoms with Gasteiger partial charge in [-0.05, 0) is 18.2 Å². The highest BCUT2D eigenvalue weighted by Gasteiger charge is 2.11. The predicted octanol–water partition coefficient (Wildman–Crippen LogP) is 0.978. The van der Waals surface area contributed by atoms with Crippen molar-refractivity contribution < 1.29 is 19.0 Å². The highest BCUT2D eigenvalue weighted by Crippen LogP contribution is 2.15. The van der Waals surface area contributed by atoms with Gasteiger partial charge in [0.25, 0.3) is 5.56 Å². The fourth-order valence-corrected chi connectivity index (χ4v) is 2.34. The molecule has 3 aromatic rings. The number of rotatable bonds is 5. The number of hydrogen-bond donors (Lipinski definition) is 0. The third kappa shape index (κ3) is 2.96. The Labute approximate surface area is 135 Å². The van der Waals surface area contributed by atoms with Crippen LogP contribution in [-0.4, -0.2) is 22.4 Å². The quantitative estimate of drug-likeness (QED) is 0.697. The van der Waals surface area contributed by atoms with Crippen LogP contribution in [0.15, 0.2) is 53.3 Å². The number of nitrogens with zero attached hydrogens (tertiary/aromatic N) is 2. The van der Waals surface area contributed by atoms with Gasteiger partial charge >= 0.3 is 0 Å². The molecule has 0 bridgehead atoms. The summed E-state index contributed by atoms with van der Waals surface area (Å²) in [7, 11) is 0. The Bertz CT molecular complexity index is 968. The Balaban J connectivity index is 1.90. The number of fused-ring (bicyclic) bond motifs is 1. The molecule has 6 nitrogen and oxygen atoms in total. The zero-order valence-electron chi connectivity index (χ0n) is 12.4. The zero-order valence-corrected chi connectivity index (χ0v) is 12.4. The van der Waals surface area contributed by atoms with Crippen LogP contribution in [0.5, 0.6) is 5.75 Å². The molecule has 0 fully saturated rings. The number of carboxylic acids is 1. The molecule has 0 saturated carbocycles. The van der Waals surface area contributed by atoms with Crippen LogP contribution in [-0.2, 0) is 6.54 Å². The van der Waals surface area contributed by atoms with Crippen molar-refractivity contribution in [2.75, 3.05) is 6.61 Å². The Morgan fingerprint density at radius 2 is 1.79 bits per heavy atom. The largest absolute Gasteiger partial charge is 0.543 e. The molecule has 0 atom stereocenters. The smallest absolute Gasteiger partial charge is 0.274 e. The third-order valence-electron chi connectivity index (χ3n) is 3.46. The molecule has 7 heteroatoms. The van der Waals surface area contributed by atoms with Crippen LogP contribution in [0.3, 0.4) is 0 Å². The van der Waals surface area contributed by atoms with E-state index in [9.17, 15) is 19.1 Å². The number of aromatic nitrogens is 2. The SMILES string of the molecule is O=C([O-])c1nn(CCOc2ccccc2F)c(=O)c2ccccc12. The summed E-state index contributed by atoms with van der Waals surface area (Å²) in [5.41, 5.74) is -0.774. The lowest BCUT2D eigenvalue weighted by atomic mass is 10.1.